The molecule has 0 spiro atoms. The molecule has 0 saturated carbocycles. The molecule has 8 heteroatoms. The van der Waals surface area contributed by atoms with Crippen LogP contribution in [0.2, 0.25) is 0 Å². The van der Waals surface area contributed by atoms with E-state index in [0.717, 1.165) is 0 Å². The highest BCUT2D eigenvalue weighted by Gasteiger charge is 2.32. The van der Waals surface area contributed by atoms with E-state index in [9.17, 15) is 19.8 Å². The average Bonchev–Trinajstić information content (AvgIpc) is 2.80. The normalized spacial score (nSPS) is 19.4. The summed E-state index contributed by atoms with van der Waals surface area (Å²) in [4.78, 5) is 24.5. The minimum atomic E-state index is -0.780. The van der Waals surface area contributed by atoms with Crippen molar-refractivity contribution in [3.63, 3.8) is 0 Å². The number of aliphatic hydroxyl groups is 2. The number of methoxy groups -OCH3 is 2. The van der Waals surface area contributed by atoms with Crippen LogP contribution in [0.25, 0.3) is 0 Å². The van der Waals surface area contributed by atoms with Crippen molar-refractivity contribution in [1.82, 2.24) is 4.90 Å². The third-order valence-electron chi connectivity index (χ3n) is 6.23. The lowest BCUT2D eigenvalue weighted by atomic mass is 9.85. The highest BCUT2D eigenvalue weighted by molar-refractivity contribution is 5.74. The Bertz CT molecular complexity index is 556. The first-order chi connectivity index (χ1) is 15.0. The Kier molecular flexibility index (Phi) is 15.4. The summed E-state index contributed by atoms with van der Waals surface area (Å²) in [5.41, 5.74) is 0. The van der Waals surface area contributed by atoms with E-state index in [4.69, 9.17) is 14.2 Å². The van der Waals surface area contributed by atoms with Gasteiger partial charge in [-0.05, 0) is 38.5 Å². The molecule has 32 heavy (non-hydrogen) atoms. The van der Waals surface area contributed by atoms with Crippen molar-refractivity contribution in [2.45, 2.75) is 90.8 Å². The second-order valence-electron chi connectivity index (χ2n) is 8.80. The summed E-state index contributed by atoms with van der Waals surface area (Å²) < 4.78 is 16.4. The summed E-state index contributed by atoms with van der Waals surface area (Å²) in [7, 11) is 4.70. The summed E-state index contributed by atoms with van der Waals surface area (Å²) >= 11 is 0. The Labute approximate surface area is 193 Å². The first kappa shape index (κ1) is 30.5. The van der Waals surface area contributed by atoms with Gasteiger partial charge in [-0.3, -0.25) is 4.79 Å². The Hall–Kier alpha value is -1.48. The predicted octanol–water partition coefficient (Wildman–Crippen LogP) is 2.76. The van der Waals surface area contributed by atoms with E-state index in [-0.39, 0.29) is 23.9 Å². The lowest BCUT2D eigenvalue weighted by molar-refractivity contribution is -0.165. The molecule has 0 bridgehead atoms. The topological polar surface area (TPSA) is 106 Å². The van der Waals surface area contributed by atoms with Crippen molar-refractivity contribution in [3.05, 3.63) is 12.3 Å². The molecular weight excluding hydrogens is 414 g/mol. The number of hydrogen-bond donors (Lipinski definition) is 2. The number of ether oxygens (including phenoxy) is 3. The van der Waals surface area contributed by atoms with Crippen LogP contribution in [0.4, 0.5) is 0 Å². The van der Waals surface area contributed by atoms with E-state index < -0.39 is 30.4 Å². The molecule has 0 aliphatic rings. The lowest BCUT2D eigenvalue weighted by Gasteiger charge is -2.32. The molecule has 0 aromatic heterocycles. The Morgan fingerprint density at radius 1 is 1.03 bits per heavy atom. The number of carbonyl (C=O) groups excluding carboxylic acids is 2. The van der Waals surface area contributed by atoms with Gasteiger partial charge in [0.2, 0.25) is 6.41 Å². The second-order valence-corrected chi connectivity index (χ2v) is 8.80. The molecule has 8 nitrogen and oxygen atoms in total. The summed E-state index contributed by atoms with van der Waals surface area (Å²) in [5.74, 6) is -0.946. The molecule has 0 rings (SSSR count). The van der Waals surface area contributed by atoms with E-state index in [1.165, 1.54) is 12.0 Å². The van der Waals surface area contributed by atoms with Crippen molar-refractivity contribution in [2.75, 3.05) is 21.3 Å². The molecule has 0 unspecified atom stereocenters. The smallest absolute Gasteiger partial charge is 0.335 e. The lowest BCUT2D eigenvalue weighted by Crippen LogP contribution is -2.39. The summed E-state index contributed by atoms with van der Waals surface area (Å²) in [6.45, 7) is 9.31. The molecule has 188 valence electrons. The molecule has 0 heterocycles. The van der Waals surface area contributed by atoms with Gasteiger partial charge in [0, 0.05) is 39.3 Å². The fourth-order valence-corrected chi connectivity index (χ4v) is 3.50. The summed E-state index contributed by atoms with van der Waals surface area (Å²) in [6, 6.07) is 0. The Morgan fingerprint density at radius 3 is 2.16 bits per heavy atom. The maximum absolute atomic E-state index is 12.4. The van der Waals surface area contributed by atoms with E-state index in [0.29, 0.717) is 32.1 Å². The molecule has 0 aliphatic carbocycles. The molecule has 0 aromatic carbocycles. The minimum absolute atomic E-state index is 0.111. The maximum Gasteiger partial charge on any atom is 0.335 e. The molecule has 2 N–H and O–H groups in total. The zero-order valence-electron chi connectivity index (χ0n) is 21.1. The Morgan fingerprint density at radius 2 is 1.66 bits per heavy atom. The van der Waals surface area contributed by atoms with Gasteiger partial charge in [0.15, 0.2) is 6.10 Å². The third-order valence-corrected chi connectivity index (χ3v) is 6.23. The number of carbonyl (C=O) groups is 2. The molecule has 0 aliphatic heterocycles. The zero-order chi connectivity index (χ0) is 24.8. The number of esters is 1. The maximum atomic E-state index is 12.4. The van der Waals surface area contributed by atoms with Crippen LogP contribution in [0.1, 0.15) is 60.3 Å². The van der Waals surface area contributed by atoms with Crippen LogP contribution in [-0.4, -0.2) is 79.3 Å². The number of rotatable bonds is 17. The van der Waals surface area contributed by atoms with Gasteiger partial charge >= 0.3 is 5.97 Å². The molecule has 0 fully saturated rings. The predicted molar refractivity (Wildman–Crippen MR) is 124 cm³/mol. The first-order valence-electron chi connectivity index (χ1n) is 11.5. The average molecular weight is 460 g/mol. The van der Waals surface area contributed by atoms with Gasteiger partial charge in [-0.2, -0.15) is 0 Å². The molecule has 0 aromatic rings. The monoisotopic (exact) mass is 459 g/mol. The molecule has 0 saturated heterocycles. The Balaban J connectivity index is 5.34. The van der Waals surface area contributed by atoms with Crippen molar-refractivity contribution in [2.24, 2.45) is 17.8 Å². The number of nitrogens with zero attached hydrogens (tertiary/aromatic N) is 1. The molecule has 8 atom stereocenters. The third kappa shape index (κ3) is 10.9. The number of amides is 1. The summed E-state index contributed by atoms with van der Waals surface area (Å²) in [5, 5.41) is 20.9. The van der Waals surface area contributed by atoms with Crippen molar-refractivity contribution in [3.8, 4) is 0 Å². The van der Waals surface area contributed by atoms with Crippen LogP contribution in [0.5, 0.6) is 0 Å². The zero-order valence-corrected chi connectivity index (χ0v) is 21.1. The van der Waals surface area contributed by atoms with Gasteiger partial charge in [-0.1, -0.05) is 33.8 Å². The van der Waals surface area contributed by atoms with Gasteiger partial charge in [-0.25, -0.2) is 4.79 Å². The van der Waals surface area contributed by atoms with Crippen LogP contribution in [0, 0.1) is 17.8 Å². The van der Waals surface area contributed by atoms with Crippen LogP contribution in [0.15, 0.2) is 12.3 Å². The molecule has 0 radical (unpaired) electrons. The van der Waals surface area contributed by atoms with Crippen molar-refractivity contribution in [1.29, 1.82) is 0 Å². The van der Waals surface area contributed by atoms with Crippen LogP contribution < -0.4 is 0 Å². The van der Waals surface area contributed by atoms with Crippen molar-refractivity contribution < 1.29 is 34.0 Å². The minimum Gasteiger partial charge on any atom is -0.460 e. The standard InChI is InChI=1S/C24H45NO7/c1-9-20(27)14-22(31-8)16(2)10-11-21(32-24(29)19(5)30-7)18(4)23(28)17(3)12-13-25(6)15-26/h12-13,15-23,27-28H,9-11,14H2,1-8H3/b13-12+/t16-,17+,18-,19+,20+,21+,22-,23+/m0/s1. The van der Waals surface area contributed by atoms with E-state index in [1.807, 2.05) is 20.8 Å². The van der Waals surface area contributed by atoms with E-state index in [1.54, 1.807) is 33.4 Å². The quantitative estimate of drug-likeness (QED) is 0.254. The largest absolute Gasteiger partial charge is 0.460 e. The fraction of sp³-hybridized carbons (Fsp3) is 0.833. The molecule has 1 amide bonds. The number of aliphatic hydroxyl groups excluding tert-OH is 2. The second kappa shape index (κ2) is 16.2. The van der Waals surface area contributed by atoms with Gasteiger partial charge in [0.05, 0.1) is 18.3 Å². The summed E-state index contributed by atoms with van der Waals surface area (Å²) in [6.07, 6.45) is 3.94. The SMILES string of the molecule is CC[C@@H](O)C[C@H](OC)[C@@H](C)CC[C@@H](OC(=O)[C@@H](C)OC)[C@H](C)[C@H](O)[C@H](C)/C=C/N(C)C=O. The van der Waals surface area contributed by atoms with E-state index in [2.05, 4.69) is 6.92 Å². The highest BCUT2D eigenvalue weighted by atomic mass is 16.6. The van der Waals surface area contributed by atoms with Crippen LogP contribution in [-0.2, 0) is 23.8 Å². The van der Waals surface area contributed by atoms with E-state index >= 15 is 0 Å². The highest BCUT2D eigenvalue weighted by Crippen LogP contribution is 2.27. The van der Waals surface area contributed by atoms with Crippen LogP contribution in [0.3, 0.4) is 0 Å². The fourth-order valence-electron chi connectivity index (χ4n) is 3.50. The van der Waals surface area contributed by atoms with Gasteiger partial charge in [0.25, 0.3) is 0 Å². The first-order valence-corrected chi connectivity index (χ1v) is 11.5. The molecular formula is C24H45NO7. The van der Waals surface area contributed by atoms with Gasteiger partial charge in [0.1, 0.15) is 6.10 Å². The van der Waals surface area contributed by atoms with Crippen LogP contribution >= 0.6 is 0 Å². The van der Waals surface area contributed by atoms with Crippen molar-refractivity contribution >= 4 is 12.4 Å². The number of hydrogen-bond acceptors (Lipinski definition) is 7. The van der Waals surface area contributed by atoms with Gasteiger partial charge in [-0.15, -0.1) is 0 Å². The van der Waals surface area contributed by atoms with Gasteiger partial charge < -0.3 is 29.3 Å².